The Labute approximate surface area is 235 Å². The van der Waals surface area contributed by atoms with Gasteiger partial charge in [-0.25, -0.2) is 5.43 Å². The van der Waals surface area contributed by atoms with Gasteiger partial charge in [0.1, 0.15) is 0 Å². The van der Waals surface area contributed by atoms with Crippen LogP contribution in [0.3, 0.4) is 0 Å². The van der Waals surface area contributed by atoms with Crippen LogP contribution >= 0.6 is 50.7 Å². The molecule has 0 bridgehead atoms. The van der Waals surface area contributed by atoms with Crippen LogP contribution in [0, 0.1) is 0 Å². The number of carbonyl (C=O) groups excluding carboxylic acids is 3. The maximum absolute atomic E-state index is 12.3. The zero-order valence-electron chi connectivity index (χ0n) is 19.0. The fraction of sp³-hybridized carbons (Fsp3) is 0.0833. The van der Waals surface area contributed by atoms with Crippen LogP contribution in [0.2, 0.25) is 15.1 Å². The molecule has 0 heterocycles. The molecular formula is C24H18BrCl3N4O5. The highest BCUT2D eigenvalue weighted by Crippen LogP contribution is 2.36. The number of nitrogens with one attached hydrogen (secondary N) is 3. The minimum Gasteiger partial charge on any atom is -0.493 e. The van der Waals surface area contributed by atoms with Gasteiger partial charge in [-0.1, -0.05) is 40.9 Å². The first-order valence-electron chi connectivity index (χ1n) is 10.3. The predicted molar refractivity (Wildman–Crippen MR) is 147 cm³/mol. The molecule has 0 aliphatic rings. The Morgan fingerprint density at radius 2 is 1.70 bits per heavy atom. The minimum absolute atomic E-state index is 0.272. The van der Waals surface area contributed by atoms with Crippen molar-refractivity contribution in [2.45, 2.75) is 0 Å². The fourth-order valence-electron chi connectivity index (χ4n) is 2.83. The Balaban J connectivity index is 1.58. The summed E-state index contributed by atoms with van der Waals surface area (Å²) < 4.78 is 11.4. The Hall–Kier alpha value is -3.31. The highest BCUT2D eigenvalue weighted by molar-refractivity contribution is 9.10. The summed E-state index contributed by atoms with van der Waals surface area (Å²) in [5.41, 5.74) is 3.47. The average Bonchev–Trinajstić information content (AvgIpc) is 2.85. The molecule has 37 heavy (non-hydrogen) atoms. The highest BCUT2D eigenvalue weighted by atomic mass is 79.9. The molecule has 0 aliphatic carbocycles. The van der Waals surface area contributed by atoms with Crippen LogP contribution in [0.1, 0.15) is 5.56 Å². The Kier molecular flexibility index (Phi) is 10.2. The van der Waals surface area contributed by atoms with Crippen LogP contribution in [0.4, 0.5) is 11.4 Å². The number of hydrogen-bond donors (Lipinski definition) is 3. The normalized spacial score (nSPS) is 10.6. The van der Waals surface area contributed by atoms with Crippen LogP contribution in [0.5, 0.6) is 11.5 Å². The van der Waals surface area contributed by atoms with Gasteiger partial charge in [-0.05, 0) is 70.0 Å². The number of nitrogens with zero attached hydrogens (tertiary/aromatic N) is 1. The molecule has 0 aromatic heterocycles. The molecule has 3 rings (SSSR count). The first kappa shape index (κ1) is 28.3. The van der Waals surface area contributed by atoms with Gasteiger partial charge in [0.05, 0.1) is 27.8 Å². The van der Waals surface area contributed by atoms with Crippen molar-refractivity contribution < 1.29 is 23.9 Å². The van der Waals surface area contributed by atoms with E-state index in [0.717, 1.165) is 0 Å². The average molecular weight is 629 g/mol. The zero-order valence-corrected chi connectivity index (χ0v) is 22.8. The van der Waals surface area contributed by atoms with Crippen molar-refractivity contribution in [3.63, 3.8) is 0 Å². The van der Waals surface area contributed by atoms with E-state index in [4.69, 9.17) is 44.3 Å². The lowest BCUT2D eigenvalue weighted by molar-refractivity contribution is -0.136. The van der Waals surface area contributed by atoms with Crippen molar-refractivity contribution >= 4 is 86.0 Å². The van der Waals surface area contributed by atoms with Gasteiger partial charge in [-0.15, -0.1) is 0 Å². The van der Waals surface area contributed by atoms with E-state index in [0.29, 0.717) is 42.2 Å². The third-order valence-corrected chi connectivity index (χ3v) is 6.03. The van der Waals surface area contributed by atoms with Gasteiger partial charge < -0.3 is 20.1 Å². The molecule has 0 radical (unpaired) electrons. The summed E-state index contributed by atoms with van der Waals surface area (Å²) in [6.45, 7) is -0.319. The third-order valence-electron chi connectivity index (χ3n) is 4.47. The van der Waals surface area contributed by atoms with E-state index in [9.17, 15) is 14.4 Å². The van der Waals surface area contributed by atoms with Crippen molar-refractivity contribution in [1.82, 2.24) is 5.43 Å². The number of hydrogen-bond acceptors (Lipinski definition) is 6. The molecule has 0 saturated carbocycles. The Morgan fingerprint density at radius 3 is 2.41 bits per heavy atom. The van der Waals surface area contributed by atoms with Gasteiger partial charge in [0, 0.05) is 16.4 Å². The van der Waals surface area contributed by atoms with Gasteiger partial charge in [-0.3, -0.25) is 14.4 Å². The van der Waals surface area contributed by atoms with Crippen LogP contribution in [0.15, 0.2) is 64.2 Å². The minimum atomic E-state index is -0.977. The van der Waals surface area contributed by atoms with Crippen LogP contribution < -0.4 is 25.5 Å². The Morgan fingerprint density at radius 1 is 0.946 bits per heavy atom. The summed E-state index contributed by atoms with van der Waals surface area (Å²) >= 11 is 21.1. The summed E-state index contributed by atoms with van der Waals surface area (Å²) in [4.78, 5) is 36.3. The maximum Gasteiger partial charge on any atom is 0.329 e. The van der Waals surface area contributed by atoms with Gasteiger partial charge in [0.15, 0.2) is 18.1 Å². The molecule has 3 aromatic rings. The predicted octanol–water partition coefficient (Wildman–Crippen LogP) is 5.52. The van der Waals surface area contributed by atoms with E-state index in [1.165, 1.54) is 25.5 Å². The topological polar surface area (TPSA) is 118 Å². The fourth-order valence-corrected chi connectivity index (χ4v) is 3.90. The third kappa shape index (κ3) is 8.36. The maximum atomic E-state index is 12.3. The zero-order chi connectivity index (χ0) is 26.9. The first-order chi connectivity index (χ1) is 17.7. The molecule has 0 spiro atoms. The molecule has 3 N–H and O–H groups in total. The van der Waals surface area contributed by atoms with E-state index in [1.54, 1.807) is 42.5 Å². The number of benzene rings is 3. The van der Waals surface area contributed by atoms with Crippen molar-refractivity contribution in [3.8, 4) is 11.5 Å². The van der Waals surface area contributed by atoms with Crippen LogP contribution in [-0.2, 0) is 14.4 Å². The van der Waals surface area contributed by atoms with E-state index >= 15 is 0 Å². The van der Waals surface area contributed by atoms with Gasteiger partial charge in [0.25, 0.3) is 5.91 Å². The second-order valence-electron chi connectivity index (χ2n) is 7.16. The standard InChI is InChI=1S/C24H18BrCl3N4O5/c1-36-20-8-13(11-29-32-24(35)23(34)31-15-4-2-3-14(26)9-15)7-17(25)22(20)37-12-21(33)30-16-5-6-18(27)19(28)10-16/h2-11H,12H2,1H3,(H,30,33)(H,31,34)(H,32,35)/b29-11-. The van der Waals surface area contributed by atoms with Crippen molar-refractivity contribution in [3.05, 3.63) is 79.7 Å². The summed E-state index contributed by atoms with van der Waals surface area (Å²) in [7, 11) is 1.42. The number of anilines is 2. The van der Waals surface area contributed by atoms with Gasteiger partial charge in [0.2, 0.25) is 0 Å². The molecule has 9 nitrogen and oxygen atoms in total. The molecular weight excluding hydrogens is 611 g/mol. The lowest BCUT2D eigenvalue weighted by Crippen LogP contribution is -2.32. The van der Waals surface area contributed by atoms with Crippen molar-refractivity contribution in [2.24, 2.45) is 5.10 Å². The second kappa shape index (κ2) is 13.3. The lowest BCUT2D eigenvalue weighted by Gasteiger charge is -2.13. The molecule has 3 amide bonds. The summed E-state index contributed by atoms with van der Waals surface area (Å²) in [6, 6.07) is 14.2. The molecule has 192 valence electrons. The molecule has 0 aliphatic heterocycles. The van der Waals surface area contributed by atoms with Gasteiger partial charge in [-0.2, -0.15) is 5.10 Å². The van der Waals surface area contributed by atoms with E-state index in [2.05, 4.69) is 37.1 Å². The van der Waals surface area contributed by atoms with E-state index < -0.39 is 17.7 Å². The number of carbonyl (C=O) groups is 3. The monoisotopic (exact) mass is 626 g/mol. The largest absolute Gasteiger partial charge is 0.493 e. The van der Waals surface area contributed by atoms with Crippen LogP contribution in [-0.4, -0.2) is 37.7 Å². The number of amides is 3. The summed E-state index contributed by atoms with van der Waals surface area (Å²) in [6.07, 6.45) is 1.30. The lowest BCUT2D eigenvalue weighted by atomic mass is 10.2. The van der Waals surface area contributed by atoms with Crippen molar-refractivity contribution in [1.29, 1.82) is 0 Å². The molecule has 0 saturated heterocycles. The number of ether oxygens (including phenoxy) is 2. The molecule has 3 aromatic carbocycles. The summed E-state index contributed by atoms with van der Waals surface area (Å²) in [5, 5.41) is 9.94. The molecule has 0 unspecified atom stereocenters. The van der Waals surface area contributed by atoms with E-state index in [1.807, 2.05) is 0 Å². The number of hydrazone groups is 1. The second-order valence-corrected chi connectivity index (χ2v) is 9.27. The molecule has 0 fully saturated rings. The smallest absolute Gasteiger partial charge is 0.329 e. The molecule has 13 heteroatoms. The van der Waals surface area contributed by atoms with Crippen molar-refractivity contribution in [2.75, 3.05) is 24.4 Å². The molecule has 0 atom stereocenters. The first-order valence-corrected chi connectivity index (χ1v) is 12.2. The number of halogens is 4. The Bertz CT molecular complexity index is 1370. The summed E-state index contributed by atoms with van der Waals surface area (Å²) in [5.74, 6) is -1.76. The number of methoxy groups -OCH3 is 1. The SMILES string of the molecule is COc1cc(/C=N\NC(=O)C(=O)Nc2cccc(Cl)c2)cc(Br)c1OCC(=O)Nc1ccc(Cl)c(Cl)c1. The van der Waals surface area contributed by atoms with Crippen LogP contribution in [0.25, 0.3) is 0 Å². The quantitative estimate of drug-likeness (QED) is 0.172. The highest BCUT2D eigenvalue weighted by Gasteiger charge is 2.15. The van der Waals surface area contributed by atoms with Gasteiger partial charge >= 0.3 is 11.8 Å². The number of rotatable bonds is 8. The van der Waals surface area contributed by atoms with E-state index in [-0.39, 0.29) is 12.4 Å².